The standard InChI is InChI=1S/C15H22N4O2/c1-4-20-13-7-6-11(8-14(13)21-5-2)15(18-16)12-9-17-10-19(12)3/h6-10,15,18H,4-5,16H2,1-3H3. The van der Waals surface area contributed by atoms with Crippen molar-refractivity contribution in [3.63, 3.8) is 0 Å². The second-order valence-electron chi connectivity index (χ2n) is 4.60. The molecule has 1 aromatic carbocycles. The predicted octanol–water partition coefficient (Wildman–Crippen LogP) is 1.77. The maximum Gasteiger partial charge on any atom is 0.161 e. The molecule has 0 saturated carbocycles. The summed E-state index contributed by atoms with van der Waals surface area (Å²) in [5.74, 6) is 7.18. The number of nitrogens with two attached hydrogens (primary N) is 1. The Morgan fingerprint density at radius 1 is 1.24 bits per heavy atom. The van der Waals surface area contributed by atoms with Crippen LogP contribution in [0.2, 0.25) is 0 Å². The quantitative estimate of drug-likeness (QED) is 0.600. The van der Waals surface area contributed by atoms with Crippen LogP contribution >= 0.6 is 0 Å². The molecule has 0 spiro atoms. The van der Waals surface area contributed by atoms with Crippen LogP contribution in [0, 0.1) is 0 Å². The van der Waals surface area contributed by atoms with Gasteiger partial charge in [-0.3, -0.25) is 5.84 Å². The Balaban J connectivity index is 2.38. The molecule has 0 fully saturated rings. The fourth-order valence-electron chi connectivity index (χ4n) is 2.25. The fourth-order valence-corrected chi connectivity index (χ4v) is 2.25. The normalized spacial score (nSPS) is 12.2. The van der Waals surface area contributed by atoms with Gasteiger partial charge in [-0.05, 0) is 31.5 Å². The van der Waals surface area contributed by atoms with Crippen molar-refractivity contribution < 1.29 is 9.47 Å². The van der Waals surface area contributed by atoms with Crippen LogP contribution < -0.4 is 20.7 Å². The monoisotopic (exact) mass is 290 g/mol. The zero-order valence-electron chi connectivity index (χ0n) is 12.7. The van der Waals surface area contributed by atoms with Crippen LogP contribution in [0.15, 0.2) is 30.7 Å². The van der Waals surface area contributed by atoms with Gasteiger partial charge in [-0.1, -0.05) is 6.07 Å². The largest absolute Gasteiger partial charge is 0.490 e. The minimum Gasteiger partial charge on any atom is -0.490 e. The summed E-state index contributed by atoms with van der Waals surface area (Å²) in [7, 11) is 1.94. The maximum absolute atomic E-state index is 5.72. The maximum atomic E-state index is 5.72. The number of hydrogen-bond donors (Lipinski definition) is 2. The Bertz CT molecular complexity index is 583. The lowest BCUT2D eigenvalue weighted by Gasteiger charge is -2.19. The lowest BCUT2D eigenvalue weighted by Crippen LogP contribution is -2.30. The molecule has 0 aliphatic heterocycles. The molecule has 2 aromatic rings. The number of ether oxygens (including phenoxy) is 2. The van der Waals surface area contributed by atoms with E-state index in [1.54, 1.807) is 12.5 Å². The zero-order valence-corrected chi connectivity index (χ0v) is 12.7. The van der Waals surface area contributed by atoms with Gasteiger partial charge in [0.25, 0.3) is 0 Å². The van der Waals surface area contributed by atoms with Crippen molar-refractivity contribution in [1.82, 2.24) is 15.0 Å². The molecule has 0 radical (unpaired) electrons. The van der Waals surface area contributed by atoms with E-state index in [0.717, 1.165) is 22.8 Å². The molecular weight excluding hydrogens is 268 g/mol. The summed E-state index contributed by atoms with van der Waals surface area (Å²) in [6, 6.07) is 5.68. The number of imidazole rings is 1. The van der Waals surface area contributed by atoms with Gasteiger partial charge in [-0.2, -0.15) is 0 Å². The van der Waals surface area contributed by atoms with Crippen molar-refractivity contribution in [3.8, 4) is 11.5 Å². The summed E-state index contributed by atoms with van der Waals surface area (Å²) in [6.45, 7) is 5.07. The molecule has 6 nitrogen and oxygen atoms in total. The van der Waals surface area contributed by atoms with Gasteiger partial charge in [-0.15, -0.1) is 0 Å². The highest BCUT2D eigenvalue weighted by Crippen LogP contribution is 2.32. The molecule has 0 saturated heterocycles. The van der Waals surface area contributed by atoms with Crippen LogP contribution in [-0.4, -0.2) is 22.8 Å². The Kier molecular flexibility index (Phi) is 5.19. The van der Waals surface area contributed by atoms with E-state index in [4.69, 9.17) is 15.3 Å². The van der Waals surface area contributed by atoms with Crippen LogP contribution in [0.5, 0.6) is 11.5 Å². The lowest BCUT2D eigenvalue weighted by molar-refractivity contribution is 0.287. The molecule has 2 rings (SSSR count). The van der Waals surface area contributed by atoms with Gasteiger partial charge in [0.05, 0.1) is 37.5 Å². The summed E-state index contributed by atoms with van der Waals surface area (Å²) < 4.78 is 13.2. The highest BCUT2D eigenvalue weighted by molar-refractivity contribution is 5.45. The van der Waals surface area contributed by atoms with E-state index >= 15 is 0 Å². The van der Waals surface area contributed by atoms with Crippen molar-refractivity contribution in [2.24, 2.45) is 12.9 Å². The first-order valence-electron chi connectivity index (χ1n) is 7.03. The van der Waals surface area contributed by atoms with E-state index in [-0.39, 0.29) is 6.04 Å². The molecule has 0 aliphatic rings. The van der Waals surface area contributed by atoms with Gasteiger partial charge in [0.1, 0.15) is 0 Å². The summed E-state index contributed by atoms with van der Waals surface area (Å²) in [4.78, 5) is 4.13. The molecular formula is C15H22N4O2. The number of aromatic nitrogens is 2. The van der Waals surface area contributed by atoms with Crippen LogP contribution in [0.4, 0.5) is 0 Å². The Morgan fingerprint density at radius 3 is 2.52 bits per heavy atom. The number of nitrogens with one attached hydrogen (secondary N) is 1. The molecule has 0 bridgehead atoms. The van der Waals surface area contributed by atoms with Gasteiger partial charge < -0.3 is 14.0 Å². The van der Waals surface area contributed by atoms with Gasteiger partial charge in [0.15, 0.2) is 11.5 Å². The first-order chi connectivity index (χ1) is 10.2. The molecule has 3 N–H and O–H groups in total. The topological polar surface area (TPSA) is 74.3 Å². The molecule has 21 heavy (non-hydrogen) atoms. The molecule has 0 aliphatic carbocycles. The molecule has 6 heteroatoms. The van der Waals surface area contributed by atoms with Gasteiger partial charge in [0.2, 0.25) is 0 Å². The summed E-state index contributed by atoms with van der Waals surface area (Å²) >= 11 is 0. The molecule has 1 aromatic heterocycles. The average molecular weight is 290 g/mol. The molecule has 1 heterocycles. The van der Waals surface area contributed by atoms with Crippen molar-refractivity contribution in [1.29, 1.82) is 0 Å². The molecule has 0 amide bonds. The van der Waals surface area contributed by atoms with E-state index in [1.165, 1.54) is 0 Å². The van der Waals surface area contributed by atoms with Gasteiger partial charge >= 0.3 is 0 Å². The zero-order chi connectivity index (χ0) is 15.2. The van der Waals surface area contributed by atoms with Crippen molar-refractivity contribution in [3.05, 3.63) is 42.0 Å². The first kappa shape index (κ1) is 15.3. The SMILES string of the molecule is CCOc1ccc(C(NN)c2cncn2C)cc1OCC. The third-order valence-corrected chi connectivity index (χ3v) is 3.22. The van der Waals surface area contributed by atoms with E-state index in [0.29, 0.717) is 13.2 Å². The van der Waals surface area contributed by atoms with E-state index < -0.39 is 0 Å². The van der Waals surface area contributed by atoms with Crippen LogP contribution in [0.25, 0.3) is 0 Å². The highest BCUT2D eigenvalue weighted by Gasteiger charge is 2.18. The molecule has 114 valence electrons. The van der Waals surface area contributed by atoms with Crippen LogP contribution in [-0.2, 0) is 7.05 Å². The number of hydrazine groups is 1. The highest BCUT2D eigenvalue weighted by atomic mass is 16.5. The minimum atomic E-state index is -0.160. The van der Waals surface area contributed by atoms with Gasteiger partial charge in [-0.25, -0.2) is 10.4 Å². The van der Waals surface area contributed by atoms with Gasteiger partial charge in [0, 0.05) is 7.05 Å². The second kappa shape index (κ2) is 7.10. The number of aryl methyl sites for hydroxylation is 1. The molecule has 1 atom stereocenters. The smallest absolute Gasteiger partial charge is 0.161 e. The van der Waals surface area contributed by atoms with E-state index in [1.807, 2.05) is 43.7 Å². The number of nitrogens with zero attached hydrogens (tertiary/aromatic N) is 2. The van der Waals surface area contributed by atoms with Crippen LogP contribution in [0.1, 0.15) is 31.1 Å². The number of hydrogen-bond acceptors (Lipinski definition) is 5. The Morgan fingerprint density at radius 2 is 1.95 bits per heavy atom. The lowest BCUT2D eigenvalue weighted by atomic mass is 10.0. The van der Waals surface area contributed by atoms with E-state index in [2.05, 4.69) is 10.4 Å². The van der Waals surface area contributed by atoms with Crippen LogP contribution in [0.3, 0.4) is 0 Å². The summed E-state index contributed by atoms with van der Waals surface area (Å²) in [5.41, 5.74) is 4.79. The van der Waals surface area contributed by atoms with Crippen molar-refractivity contribution in [2.45, 2.75) is 19.9 Å². The third-order valence-electron chi connectivity index (χ3n) is 3.22. The average Bonchev–Trinajstić information content (AvgIpc) is 2.89. The van der Waals surface area contributed by atoms with Crippen molar-refractivity contribution >= 4 is 0 Å². The van der Waals surface area contributed by atoms with E-state index in [9.17, 15) is 0 Å². The summed E-state index contributed by atoms with van der Waals surface area (Å²) in [5, 5.41) is 0. The summed E-state index contributed by atoms with van der Waals surface area (Å²) in [6.07, 6.45) is 3.54. The minimum absolute atomic E-state index is 0.160. The molecule has 1 unspecified atom stereocenters. The number of benzene rings is 1. The Hall–Kier alpha value is -2.05. The number of rotatable bonds is 7. The van der Waals surface area contributed by atoms with Crippen molar-refractivity contribution in [2.75, 3.05) is 13.2 Å². The third kappa shape index (κ3) is 3.34. The fraction of sp³-hybridized carbons (Fsp3) is 0.400. The Labute approximate surface area is 124 Å². The first-order valence-corrected chi connectivity index (χ1v) is 7.03. The predicted molar refractivity (Wildman–Crippen MR) is 81.2 cm³/mol. The second-order valence-corrected chi connectivity index (χ2v) is 4.60.